The molecule has 0 unspecified atom stereocenters. The molecule has 4 amide bonds. The fourth-order valence-electron chi connectivity index (χ4n) is 5.63. The van der Waals surface area contributed by atoms with E-state index >= 15 is 0 Å². The number of nitrogens with one attached hydrogen (secondary N) is 3. The second kappa shape index (κ2) is 11.9. The van der Waals surface area contributed by atoms with Gasteiger partial charge >= 0.3 is 6.03 Å². The van der Waals surface area contributed by atoms with Crippen LogP contribution in [0.15, 0.2) is 60.6 Å². The zero-order valence-corrected chi connectivity index (χ0v) is 24.0. The highest BCUT2D eigenvalue weighted by Crippen LogP contribution is 2.40. The highest BCUT2D eigenvalue weighted by Gasteiger charge is 2.27. The van der Waals surface area contributed by atoms with Gasteiger partial charge in [-0.3, -0.25) is 14.6 Å². The average molecular weight is 553 g/mol. The van der Waals surface area contributed by atoms with Crippen LogP contribution in [0, 0.1) is 0 Å². The van der Waals surface area contributed by atoms with Gasteiger partial charge in [-0.1, -0.05) is 37.5 Å². The topological polar surface area (TPSA) is 116 Å². The molecule has 0 bridgehead atoms. The standard InChI is InChI=1S/C32H36N6O3/c1-19-13-20(2)29(31(40)36-24-10-12-28(34-18-24)30(39)35-23-7-5-6-8-23)27-15-21(9-11-26(19)27)22-14-25(17-33-16-22)37-32(41)38(3)4/h9-12,14-19,23H,5-8,13H2,1-4H3,(H,35,39)(H,36,40)(H,37,41)/t19-/m1/s1. The van der Waals surface area contributed by atoms with Crippen LogP contribution in [-0.2, 0) is 4.79 Å². The van der Waals surface area contributed by atoms with Crippen LogP contribution < -0.4 is 16.0 Å². The highest BCUT2D eigenvalue weighted by atomic mass is 16.2. The Morgan fingerprint density at radius 3 is 2.37 bits per heavy atom. The van der Waals surface area contributed by atoms with E-state index in [1.54, 1.807) is 38.6 Å². The van der Waals surface area contributed by atoms with E-state index in [0.29, 0.717) is 22.6 Å². The van der Waals surface area contributed by atoms with Crippen molar-refractivity contribution >= 4 is 34.8 Å². The van der Waals surface area contributed by atoms with Gasteiger partial charge in [0.1, 0.15) is 5.69 Å². The number of allylic oxidation sites excluding steroid dienone is 1. The van der Waals surface area contributed by atoms with Crippen LogP contribution in [0.3, 0.4) is 0 Å². The van der Waals surface area contributed by atoms with Crippen molar-refractivity contribution in [1.82, 2.24) is 20.2 Å². The summed E-state index contributed by atoms with van der Waals surface area (Å²) in [5.74, 6) is -0.141. The van der Waals surface area contributed by atoms with Crippen molar-refractivity contribution in [2.45, 2.75) is 57.9 Å². The van der Waals surface area contributed by atoms with E-state index in [9.17, 15) is 14.4 Å². The summed E-state index contributed by atoms with van der Waals surface area (Å²) in [5.41, 5.74) is 6.79. The van der Waals surface area contributed by atoms with Crippen molar-refractivity contribution in [2.75, 3.05) is 24.7 Å². The smallest absolute Gasteiger partial charge is 0.321 e. The van der Waals surface area contributed by atoms with Crippen molar-refractivity contribution in [1.29, 1.82) is 0 Å². The van der Waals surface area contributed by atoms with Crippen LogP contribution in [0.5, 0.6) is 0 Å². The Morgan fingerprint density at radius 1 is 0.878 bits per heavy atom. The Labute approximate surface area is 240 Å². The number of rotatable bonds is 6. The highest BCUT2D eigenvalue weighted by molar-refractivity contribution is 6.26. The zero-order valence-electron chi connectivity index (χ0n) is 24.0. The zero-order chi connectivity index (χ0) is 29.1. The fraction of sp³-hybridized carbons (Fsp3) is 0.344. The molecule has 0 radical (unpaired) electrons. The molecule has 212 valence electrons. The summed E-state index contributed by atoms with van der Waals surface area (Å²) in [7, 11) is 3.35. The van der Waals surface area contributed by atoms with Gasteiger partial charge in [-0.15, -0.1) is 0 Å². The van der Waals surface area contributed by atoms with Gasteiger partial charge in [0.2, 0.25) is 0 Å². The molecule has 2 aromatic heterocycles. The number of pyridine rings is 2. The molecule has 1 aromatic carbocycles. The monoisotopic (exact) mass is 552 g/mol. The molecule has 2 aliphatic carbocycles. The number of urea groups is 1. The predicted octanol–water partition coefficient (Wildman–Crippen LogP) is 5.83. The lowest BCUT2D eigenvalue weighted by Gasteiger charge is -2.27. The molecule has 1 saturated carbocycles. The Kier molecular flexibility index (Phi) is 8.14. The number of aromatic nitrogens is 2. The summed E-state index contributed by atoms with van der Waals surface area (Å²) < 4.78 is 0. The maximum atomic E-state index is 13.6. The number of hydrogen-bond donors (Lipinski definition) is 3. The van der Waals surface area contributed by atoms with Crippen molar-refractivity contribution in [3.63, 3.8) is 0 Å². The van der Waals surface area contributed by atoms with Crippen LogP contribution >= 0.6 is 0 Å². The van der Waals surface area contributed by atoms with E-state index < -0.39 is 0 Å². The van der Waals surface area contributed by atoms with Crippen LogP contribution in [0.4, 0.5) is 16.2 Å². The summed E-state index contributed by atoms with van der Waals surface area (Å²) in [6, 6.07) is 11.3. The molecule has 9 nitrogen and oxygen atoms in total. The van der Waals surface area contributed by atoms with Crippen molar-refractivity contribution < 1.29 is 14.4 Å². The summed E-state index contributed by atoms with van der Waals surface area (Å²) in [6.07, 6.45) is 9.94. The summed E-state index contributed by atoms with van der Waals surface area (Å²) in [4.78, 5) is 48.4. The lowest BCUT2D eigenvalue weighted by atomic mass is 9.78. The Hall–Kier alpha value is -4.53. The molecule has 2 aliphatic rings. The third kappa shape index (κ3) is 6.29. The van der Waals surface area contributed by atoms with E-state index in [2.05, 4.69) is 38.9 Å². The molecule has 0 spiro atoms. The first-order valence-corrected chi connectivity index (χ1v) is 14.1. The normalized spacial score (nSPS) is 16.6. The third-order valence-corrected chi connectivity index (χ3v) is 7.79. The molecular weight excluding hydrogens is 516 g/mol. The molecule has 2 heterocycles. The first-order chi connectivity index (χ1) is 19.7. The van der Waals surface area contributed by atoms with E-state index in [1.165, 1.54) is 11.1 Å². The van der Waals surface area contributed by atoms with E-state index in [4.69, 9.17) is 0 Å². The second-order valence-electron chi connectivity index (χ2n) is 11.2. The molecular formula is C32H36N6O3. The maximum Gasteiger partial charge on any atom is 0.321 e. The second-order valence-corrected chi connectivity index (χ2v) is 11.2. The van der Waals surface area contributed by atoms with Crippen LogP contribution in [0.1, 0.15) is 73.5 Å². The van der Waals surface area contributed by atoms with Crippen LogP contribution in [0.25, 0.3) is 16.7 Å². The van der Waals surface area contributed by atoms with Crippen molar-refractivity contribution in [3.8, 4) is 11.1 Å². The minimum Gasteiger partial charge on any atom is -0.348 e. The fourth-order valence-corrected chi connectivity index (χ4v) is 5.63. The number of fused-ring (bicyclic) bond motifs is 1. The van der Waals surface area contributed by atoms with E-state index in [0.717, 1.165) is 59.9 Å². The minimum atomic E-state index is -0.238. The number of nitrogens with zero attached hydrogens (tertiary/aromatic N) is 3. The van der Waals surface area contributed by atoms with Crippen LogP contribution in [0.2, 0.25) is 0 Å². The lowest BCUT2D eigenvalue weighted by molar-refractivity contribution is -0.111. The molecule has 3 N–H and O–H groups in total. The molecule has 9 heteroatoms. The predicted molar refractivity (Wildman–Crippen MR) is 161 cm³/mol. The minimum absolute atomic E-state index is 0.184. The molecule has 0 aliphatic heterocycles. The quantitative estimate of drug-likeness (QED) is 0.356. The van der Waals surface area contributed by atoms with Gasteiger partial charge in [0, 0.05) is 37.5 Å². The molecule has 5 rings (SSSR count). The first kappa shape index (κ1) is 28.0. The SMILES string of the molecule is CC1=C(C(=O)Nc2ccc(C(=O)NC3CCCC3)nc2)c2cc(-c3cncc(NC(=O)N(C)C)c3)ccc2[C@H](C)C1. The lowest BCUT2D eigenvalue weighted by Crippen LogP contribution is -2.33. The molecule has 41 heavy (non-hydrogen) atoms. The van der Waals surface area contributed by atoms with E-state index in [1.807, 2.05) is 25.1 Å². The Bertz CT molecular complexity index is 1510. The summed E-state index contributed by atoms with van der Waals surface area (Å²) >= 11 is 0. The number of carbonyl (C=O) groups excluding carboxylic acids is 3. The van der Waals surface area contributed by atoms with Gasteiger partial charge in [0.15, 0.2) is 0 Å². The van der Waals surface area contributed by atoms with Crippen molar-refractivity contribution in [2.24, 2.45) is 0 Å². The molecule has 3 aromatic rings. The van der Waals surface area contributed by atoms with Gasteiger partial charge in [-0.2, -0.15) is 0 Å². The number of amides is 4. The Balaban J connectivity index is 1.37. The number of hydrogen-bond acceptors (Lipinski definition) is 5. The molecule has 1 atom stereocenters. The molecule has 1 fully saturated rings. The third-order valence-electron chi connectivity index (χ3n) is 7.79. The largest absolute Gasteiger partial charge is 0.348 e. The summed E-state index contributed by atoms with van der Waals surface area (Å²) in [5, 5.41) is 8.85. The summed E-state index contributed by atoms with van der Waals surface area (Å²) in [6.45, 7) is 4.16. The van der Waals surface area contributed by atoms with Gasteiger partial charge in [0.05, 0.1) is 23.8 Å². The van der Waals surface area contributed by atoms with Gasteiger partial charge in [-0.05, 0) is 73.1 Å². The van der Waals surface area contributed by atoms with Crippen molar-refractivity contribution in [3.05, 3.63) is 77.4 Å². The maximum absolute atomic E-state index is 13.6. The van der Waals surface area contributed by atoms with Gasteiger partial charge in [0.25, 0.3) is 11.8 Å². The van der Waals surface area contributed by atoms with Crippen LogP contribution in [-0.4, -0.2) is 52.9 Å². The average Bonchev–Trinajstić information content (AvgIpc) is 3.46. The first-order valence-electron chi connectivity index (χ1n) is 14.1. The Morgan fingerprint density at radius 2 is 1.66 bits per heavy atom. The van der Waals surface area contributed by atoms with E-state index in [-0.39, 0.29) is 29.8 Å². The van der Waals surface area contributed by atoms with Gasteiger partial charge in [-0.25, -0.2) is 9.78 Å². The van der Waals surface area contributed by atoms with Gasteiger partial charge < -0.3 is 20.9 Å². The molecule has 0 saturated heterocycles. The number of benzene rings is 1. The number of anilines is 2. The number of carbonyl (C=O) groups is 3.